The SMILES string of the molecule is C=C(C)C(=O)OCC(C)OS(=O)(=O)c1ccc(Cl)cc1. The lowest BCUT2D eigenvalue weighted by Gasteiger charge is -2.13. The van der Waals surface area contributed by atoms with Crippen molar-refractivity contribution in [2.45, 2.75) is 24.8 Å². The molecule has 1 atom stereocenters. The molecule has 0 radical (unpaired) electrons. The summed E-state index contributed by atoms with van der Waals surface area (Å²) in [6.45, 7) is 6.22. The van der Waals surface area contributed by atoms with Crippen molar-refractivity contribution in [3.05, 3.63) is 41.4 Å². The van der Waals surface area contributed by atoms with E-state index in [9.17, 15) is 13.2 Å². The number of carbonyl (C=O) groups excluding carboxylic acids is 1. The Labute approximate surface area is 123 Å². The van der Waals surface area contributed by atoms with E-state index < -0.39 is 22.2 Å². The number of halogens is 1. The Bertz CT molecular complexity index is 592. The van der Waals surface area contributed by atoms with E-state index in [1.807, 2.05) is 0 Å². The van der Waals surface area contributed by atoms with Gasteiger partial charge in [0.2, 0.25) is 0 Å². The lowest BCUT2D eigenvalue weighted by molar-refractivity contribution is -0.141. The predicted octanol–water partition coefficient (Wildman–Crippen LogP) is 2.55. The number of rotatable bonds is 6. The van der Waals surface area contributed by atoms with Crippen molar-refractivity contribution in [2.75, 3.05) is 6.61 Å². The highest BCUT2D eigenvalue weighted by molar-refractivity contribution is 7.86. The Balaban J connectivity index is 2.64. The molecule has 0 aliphatic rings. The molecule has 0 fully saturated rings. The molecule has 1 rings (SSSR count). The topological polar surface area (TPSA) is 69.7 Å². The quantitative estimate of drug-likeness (QED) is 0.458. The fourth-order valence-corrected chi connectivity index (χ4v) is 2.41. The van der Waals surface area contributed by atoms with Crippen molar-refractivity contribution in [3.8, 4) is 0 Å². The molecule has 0 aliphatic heterocycles. The number of esters is 1. The van der Waals surface area contributed by atoms with E-state index in [1.165, 1.54) is 38.1 Å². The van der Waals surface area contributed by atoms with Crippen LogP contribution < -0.4 is 0 Å². The first kappa shape index (κ1) is 16.7. The Morgan fingerprint density at radius 3 is 2.40 bits per heavy atom. The molecular formula is C13H15ClO5S. The van der Waals surface area contributed by atoms with Gasteiger partial charge >= 0.3 is 5.97 Å². The van der Waals surface area contributed by atoms with Crippen LogP contribution in [0.2, 0.25) is 5.02 Å². The van der Waals surface area contributed by atoms with Crippen LogP contribution in [0.4, 0.5) is 0 Å². The van der Waals surface area contributed by atoms with Crippen molar-refractivity contribution in [1.29, 1.82) is 0 Å². The summed E-state index contributed by atoms with van der Waals surface area (Å²) in [5.74, 6) is -0.593. The molecule has 0 aromatic heterocycles. The fraction of sp³-hybridized carbons (Fsp3) is 0.308. The second-order valence-corrected chi connectivity index (χ2v) is 6.20. The number of ether oxygens (including phenoxy) is 1. The molecule has 5 nitrogen and oxygen atoms in total. The van der Waals surface area contributed by atoms with Crippen LogP contribution in [0.3, 0.4) is 0 Å². The molecule has 0 aliphatic carbocycles. The summed E-state index contributed by atoms with van der Waals surface area (Å²) in [6, 6.07) is 5.57. The van der Waals surface area contributed by atoms with Crippen LogP contribution in [-0.2, 0) is 23.8 Å². The second-order valence-electron chi connectivity index (χ2n) is 4.19. The molecule has 20 heavy (non-hydrogen) atoms. The first-order valence-electron chi connectivity index (χ1n) is 5.74. The van der Waals surface area contributed by atoms with Gasteiger partial charge in [0.15, 0.2) is 0 Å². The van der Waals surface area contributed by atoms with Crippen LogP contribution in [0.5, 0.6) is 0 Å². The third-order valence-corrected chi connectivity index (χ3v) is 3.87. The minimum Gasteiger partial charge on any atom is -0.460 e. The summed E-state index contributed by atoms with van der Waals surface area (Å²) < 4.78 is 33.6. The van der Waals surface area contributed by atoms with Gasteiger partial charge in [-0.15, -0.1) is 0 Å². The molecule has 0 amide bonds. The van der Waals surface area contributed by atoms with Gasteiger partial charge < -0.3 is 4.74 Å². The summed E-state index contributed by atoms with van der Waals surface area (Å²) in [7, 11) is -3.92. The van der Waals surface area contributed by atoms with Crippen LogP contribution in [0.15, 0.2) is 41.3 Å². The fourth-order valence-electron chi connectivity index (χ4n) is 1.22. The van der Waals surface area contributed by atoms with Gasteiger partial charge in [-0.3, -0.25) is 4.18 Å². The number of benzene rings is 1. The Morgan fingerprint density at radius 1 is 1.35 bits per heavy atom. The molecule has 0 saturated heterocycles. The maximum absolute atomic E-state index is 11.9. The average Bonchev–Trinajstić information content (AvgIpc) is 2.35. The largest absolute Gasteiger partial charge is 0.460 e. The van der Waals surface area contributed by atoms with Crippen LogP contribution >= 0.6 is 11.6 Å². The van der Waals surface area contributed by atoms with Gasteiger partial charge in [0.1, 0.15) is 12.7 Å². The van der Waals surface area contributed by atoms with Crippen LogP contribution in [0.25, 0.3) is 0 Å². The zero-order valence-corrected chi connectivity index (χ0v) is 12.7. The first-order chi connectivity index (χ1) is 9.22. The van der Waals surface area contributed by atoms with E-state index in [0.29, 0.717) is 5.02 Å². The minimum absolute atomic E-state index is 0.0139. The molecule has 7 heteroatoms. The Kier molecular flexibility index (Phi) is 5.74. The number of hydrogen-bond donors (Lipinski definition) is 0. The van der Waals surface area contributed by atoms with E-state index in [2.05, 4.69) is 6.58 Å². The van der Waals surface area contributed by atoms with E-state index in [0.717, 1.165) is 0 Å². The molecular weight excluding hydrogens is 304 g/mol. The Morgan fingerprint density at radius 2 is 1.90 bits per heavy atom. The van der Waals surface area contributed by atoms with Gasteiger partial charge in [-0.25, -0.2) is 4.79 Å². The summed E-state index contributed by atoms with van der Waals surface area (Å²) in [4.78, 5) is 11.2. The zero-order valence-electron chi connectivity index (χ0n) is 11.1. The van der Waals surface area contributed by atoms with Gasteiger partial charge in [-0.1, -0.05) is 18.2 Å². The Hall–Kier alpha value is -1.37. The lowest BCUT2D eigenvalue weighted by atomic mass is 10.3. The summed E-state index contributed by atoms with van der Waals surface area (Å²) in [5, 5.41) is 0.424. The van der Waals surface area contributed by atoms with E-state index in [1.54, 1.807) is 0 Å². The highest BCUT2D eigenvalue weighted by Gasteiger charge is 2.20. The van der Waals surface area contributed by atoms with Gasteiger partial charge in [-0.05, 0) is 38.1 Å². The molecule has 110 valence electrons. The minimum atomic E-state index is -3.92. The second kappa shape index (κ2) is 6.88. The first-order valence-corrected chi connectivity index (χ1v) is 7.52. The van der Waals surface area contributed by atoms with Gasteiger partial charge in [-0.2, -0.15) is 8.42 Å². The molecule has 0 bridgehead atoms. The summed E-state index contributed by atoms with van der Waals surface area (Å²) >= 11 is 5.68. The van der Waals surface area contributed by atoms with Crippen molar-refractivity contribution in [2.24, 2.45) is 0 Å². The van der Waals surface area contributed by atoms with Crippen molar-refractivity contribution in [3.63, 3.8) is 0 Å². The van der Waals surface area contributed by atoms with E-state index in [-0.39, 0.29) is 17.1 Å². The van der Waals surface area contributed by atoms with Gasteiger partial charge in [0, 0.05) is 10.6 Å². The summed E-state index contributed by atoms with van der Waals surface area (Å²) in [5.41, 5.74) is 0.234. The molecule has 1 unspecified atom stereocenters. The smallest absolute Gasteiger partial charge is 0.333 e. The highest BCUT2D eigenvalue weighted by atomic mass is 35.5. The lowest BCUT2D eigenvalue weighted by Crippen LogP contribution is -2.22. The van der Waals surface area contributed by atoms with Gasteiger partial charge in [0.05, 0.1) is 4.90 Å². The van der Waals surface area contributed by atoms with Gasteiger partial charge in [0.25, 0.3) is 10.1 Å². The molecule has 0 saturated carbocycles. The predicted molar refractivity (Wildman–Crippen MR) is 75.0 cm³/mol. The third-order valence-electron chi connectivity index (χ3n) is 2.19. The maximum Gasteiger partial charge on any atom is 0.333 e. The molecule has 1 aromatic rings. The standard InChI is InChI=1S/C13H15ClO5S/c1-9(2)13(15)18-8-10(3)19-20(16,17)12-6-4-11(14)5-7-12/h4-7,10H,1,8H2,2-3H3. The van der Waals surface area contributed by atoms with Crippen molar-refractivity contribution in [1.82, 2.24) is 0 Å². The van der Waals surface area contributed by atoms with E-state index in [4.69, 9.17) is 20.5 Å². The molecule has 0 spiro atoms. The molecule has 0 N–H and O–H groups in total. The van der Waals surface area contributed by atoms with E-state index >= 15 is 0 Å². The maximum atomic E-state index is 11.9. The summed E-state index contributed by atoms with van der Waals surface area (Å²) in [6.07, 6.45) is -0.807. The third kappa shape index (κ3) is 4.96. The number of hydrogen-bond acceptors (Lipinski definition) is 5. The molecule has 0 heterocycles. The van der Waals surface area contributed by atoms with Crippen molar-refractivity contribution >= 4 is 27.7 Å². The highest BCUT2D eigenvalue weighted by Crippen LogP contribution is 2.17. The van der Waals surface area contributed by atoms with Crippen LogP contribution in [0, 0.1) is 0 Å². The van der Waals surface area contributed by atoms with Crippen LogP contribution in [-0.4, -0.2) is 27.1 Å². The van der Waals surface area contributed by atoms with Crippen LogP contribution in [0.1, 0.15) is 13.8 Å². The monoisotopic (exact) mass is 318 g/mol. The normalized spacial score (nSPS) is 12.8. The van der Waals surface area contributed by atoms with Crippen molar-refractivity contribution < 1.29 is 22.1 Å². The zero-order chi connectivity index (χ0) is 15.3. The molecule has 1 aromatic carbocycles. The average molecular weight is 319 g/mol. The number of carbonyl (C=O) groups is 1.